The van der Waals surface area contributed by atoms with Gasteiger partial charge in [0.15, 0.2) is 11.6 Å². The van der Waals surface area contributed by atoms with E-state index in [2.05, 4.69) is 10.6 Å². The van der Waals surface area contributed by atoms with E-state index in [0.717, 1.165) is 41.7 Å². The molecule has 0 aromatic heterocycles. The number of nitrogens with zero attached hydrogens (tertiary/aromatic N) is 1. The van der Waals surface area contributed by atoms with E-state index >= 15 is 0 Å². The number of amides is 4. The Kier molecular flexibility index (Phi) is 11.3. The Morgan fingerprint density at radius 3 is 1.43 bits per heavy atom. The van der Waals surface area contributed by atoms with Gasteiger partial charge in [-0.1, -0.05) is 116 Å². The number of carbonyl (C=O) groups excluding carboxylic acids is 6. The topological polar surface area (TPSA) is 130 Å². The molecule has 0 unspecified atom stereocenters. The number of hydrogen-bond donors (Lipinski definition) is 2. The first-order chi connectivity index (χ1) is 24.8. The molecule has 1 aliphatic carbocycles. The van der Waals surface area contributed by atoms with Gasteiger partial charge in [0.05, 0.1) is 23.0 Å². The van der Waals surface area contributed by atoms with Crippen molar-refractivity contribution in [2.45, 2.75) is 51.0 Å². The minimum absolute atomic E-state index is 0.214. The number of hydrogen-bond acceptors (Lipinski definition) is 6. The van der Waals surface area contributed by atoms with Crippen molar-refractivity contribution in [2.24, 2.45) is 11.8 Å². The van der Waals surface area contributed by atoms with E-state index in [1.54, 1.807) is 48.5 Å². The monoisotopic (exact) mass is 683 g/mol. The Morgan fingerprint density at radius 2 is 0.922 bits per heavy atom. The number of fused-ring (bicyclic) bond motifs is 2. The molecule has 4 aromatic rings. The predicted octanol–water partition coefficient (Wildman–Crippen LogP) is 5.63. The Hall–Kier alpha value is -5.70. The number of unbranched alkanes of at least 4 members (excludes halogenated alkanes) is 4. The average molecular weight is 684 g/mol. The van der Waals surface area contributed by atoms with E-state index in [-0.39, 0.29) is 36.2 Å². The molecule has 6 rings (SSSR count). The molecule has 4 amide bonds. The third kappa shape index (κ3) is 7.88. The van der Waals surface area contributed by atoms with Gasteiger partial charge in [-0.3, -0.25) is 33.7 Å². The second kappa shape index (κ2) is 16.3. The van der Waals surface area contributed by atoms with Gasteiger partial charge in [-0.25, -0.2) is 0 Å². The lowest BCUT2D eigenvalue weighted by molar-refractivity contribution is -0.126. The largest absolute Gasteiger partial charge is 0.356 e. The molecule has 0 saturated carbocycles. The highest BCUT2D eigenvalue weighted by Gasteiger charge is 2.46. The number of ketones is 2. The van der Waals surface area contributed by atoms with Gasteiger partial charge >= 0.3 is 0 Å². The minimum atomic E-state index is -1.04. The van der Waals surface area contributed by atoms with Crippen LogP contribution in [0.25, 0.3) is 0 Å². The van der Waals surface area contributed by atoms with Gasteiger partial charge in [0, 0.05) is 30.6 Å². The van der Waals surface area contributed by atoms with Crippen LogP contribution in [0.1, 0.15) is 84.7 Å². The first kappa shape index (κ1) is 35.1. The summed E-state index contributed by atoms with van der Waals surface area (Å²) >= 11 is 0. The summed E-state index contributed by atoms with van der Waals surface area (Å²) in [6.45, 7) is 0.821. The third-order valence-corrected chi connectivity index (χ3v) is 9.72. The van der Waals surface area contributed by atoms with E-state index in [9.17, 15) is 28.8 Å². The lowest BCUT2D eigenvalue weighted by Crippen LogP contribution is -2.50. The second-order valence-electron chi connectivity index (χ2n) is 13.1. The molecule has 4 aromatic carbocycles. The Balaban J connectivity index is 0.960. The van der Waals surface area contributed by atoms with Gasteiger partial charge < -0.3 is 10.6 Å². The first-order valence-electron chi connectivity index (χ1n) is 17.6. The summed E-state index contributed by atoms with van der Waals surface area (Å²) in [4.78, 5) is 81.0. The number of rotatable bonds is 16. The van der Waals surface area contributed by atoms with Gasteiger partial charge in [0.1, 0.15) is 6.04 Å². The highest BCUT2D eigenvalue weighted by molar-refractivity contribution is 6.27. The molecular formula is C42H41N3O6. The Morgan fingerprint density at radius 1 is 0.510 bits per heavy atom. The minimum Gasteiger partial charge on any atom is -0.356 e. The Bertz CT molecular complexity index is 1720. The second-order valence-corrected chi connectivity index (χ2v) is 13.1. The molecule has 0 fully saturated rings. The van der Waals surface area contributed by atoms with Crippen molar-refractivity contribution in [3.05, 3.63) is 143 Å². The fourth-order valence-electron chi connectivity index (χ4n) is 7.04. The summed E-state index contributed by atoms with van der Waals surface area (Å²) in [6.07, 6.45) is 4.49. The number of nitrogens with one attached hydrogen (secondary N) is 2. The molecule has 0 radical (unpaired) electrons. The molecule has 2 aliphatic rings. The molecule has 1 heterocycles. The maximum atomic E-state index is 13.5. The van der Waals surface area contributed by atoms with E-state index < -0.39 is 29.7 Å². The summed E-state index contributed by atoms with van der Waals surface area (Å²) in [7, 11) is 0. The van der Waals surface area contributed by atoms with Crippen LogP contribution < -0.4 is 10.6 Å². The summed E-state index contributed by atoms with van der Waals surface area (Å²) in [5, 5.41) is 5.92. The number of Topliss-reactive ketones (excluding diaryl/α,β-unsaturated/α-hetero) is 2. The summed E-state index contributed by atoms with van der Waals surface area (Å²) in [6, 6.07) is 31.2. The predicted molar refractivity (Wildman–Crippen MR) is 192 cm³/mol. The lowest BCUT2D eigenvalue weighted by Gasteiger charge is -2.25. The normalized spacial score (nSPS) is 15.0. The van der Waals surface area contributed by atoms with Gasteiger partial charge in [-0.05, 0) is 42.5 Å². The molecule has 0 bridgehead atoms. The summed E-state index contributed by atoms with van der Waals surface area (Å²) in [5.74, 6) is -4.04. The number of imide groups is 1. The fraction of sp³-hybridized carbons (Fsp3) is 0.286. The van der Waals surface area contributed by atoms with Crippen LogP contribution in [0.15, 0.2) is 109 Å². The molecule has 2 atom stereocenters. The summed E-state index contributed by atoms with van der Waals surface area (Å²) < 4.78 is 0. The van der Waals surface area contributed by atoms with Gasteiger partial charge in [-0.15, -0.1) is 0 Å². The van der Waals surface area contributed by atoms with Crippen LogP contribution in [0, 0.1) is 11.8 Å². The zero-order valence-corrected chi connectivity index (χ0v) is 28.4. The fourth-order valence-corrected chi connectivity index (χ4v) is 7.04. The van der Waals surface area contributed by atoms with E-state index in [1.165, 1.54) is 0 Å². The molecule has 9 nitrogen and oxygen atoms in total. The SMILES string of the molecule is O=C1c2ccccc2C(=O)C1[C@@H](Cc1ccccc1)C(=O)NCCCCCCCNC(=O)[C@H](Cc1ccccc1)N1C(=O)c2ccccc2C1=O. The maximum Gasteiger partial charge on any atom is 0.262 e. The zero-order chi connectivity index (χ0) is 35.7. The molecule has 51 heavy (non-hydrogen) atoms. The van der Waals surface area contributed by atoms with Gasteiger partial charge in [0.25, 0.3) is 11.8 Å². The third-order valence-electron chi connectivity index (χ3n) is 9.72. The van der Waals surface area contributed by atoms with Crippen molar-refractivity contribution in [1.82, 2.24) is 15.5 Å². The molecule has 1 aliphatic heterocycles. The van der Waals surface area contributed by atoms with Crippen molar-refractivity contribution in [3.8, 4) is 0 Å². The van der Waals surface area contributed by atoms with Crippen LogP contribution in [-0.2, 0) is 22.4 Å². The van der Waals surface area contributed by atoms with E-state index in [1.807, 2.05) is 60.7 Å². The smallest absolute Gasteiger partial charge is 0.262 e. The Labute approximate surface area is 297 Å². The van der Waals surface area contributed by atoms with Crippen LogP contribution in [-0.4, -0.2) is 59.2 Å². The molecule has 0 saturated heterocycles. The quantitative estimate of drug-likeness (QED) is 0.0895. The van der Waals surface area contributed by atoms with Gasteiger partial charge in [-0.2, -0.15) is 0 Å². The zero-order valence-electron chi connectivity index (χ0n) is 28.4. The number of benzene rings is 4. The van der Waals surface area contributed by atoms with Crippen LogP contribution >= 0.6 is 0 Å². The maximum absolute atomic E-state index is 13.5. The molecule has 0 spiro atoms. The first-order valence-corrected chi connectivity index (χ1v) is 17.6. The van der Waals surface area contributed by atoms with Crippen molar-refractivity contribution < 1.29 is 28.8 Å². The van der Waals surface area contributed by atoms with Crippen molar-refractivity contribution in [2.75, 3.05) is 13.1 Å². The van der Waals surface area contributed by atoms with E-state index in [0.29, 0.717) is 41.8 Å². The number of carbonyl (C=O) groups is 6. The van der Waals surface area contributed by atoms with Crippen molar-refractivity contribution in [3.63, 3.8) is 0 Å². The average Bonchev–Trinajstić information content (AvgIpc) is 3.56. The molecule has 9 heteroatoms. The molecule has 2 N–H and O–H groups in total. The highest BCUT2D eigenvalue weighted by atomic mass is 16.2. The highest BCUT2D eigenvalue weighted by Crippen LogP contribution is 2.34. The molecule has 260 valence electrons. The van der Waals surface area contributed by atoms with Gasteiger partial charge in [0.2, 0.25) is 11.8 Å². The van der Waals surface area contributed by atoms with Crippen LogP contribution in [0.5, 0.6) is 0 Å². The van der Waals surface area contributed by atoms with Crippen LogP contribution in [0.3, 0.4) is 0 Å². The molecular weight excluding hydrogens is 642 g/mol. The van der Waals surface area contributed by atoms with Crippen LogP contribution in [0.2, 0.25) is 0 Å². The van der Waals surface area contributed by atoms with Crippen LogP contribution in [0.4, 0.5) is 0 Å². The standard InChI is InChI=1S/C42H41N3O6/c46-37-30-20-10-11-21-31(30)38(47)36(37)34(26-28-16-6-4-7-17-28)39(48)43-24-14-2-1-3-15-25-44-40(49)35(27-29-18-8-5-9-19-29)45-41(50)32-22-12-13-23-33(32)42(45)51/h4-13,16-23,34-36H,1-3,14-15,24-27H2,(H,43,48)(H,44,49)/t34-,35+/m1/s1. The van der Waals surface area contributed by atoms with Crippen molar-refractivity contribution in [1.29, 1.82) is 0 Å². The summed E-state index contributed by atoms with van der Waals surface area (Å²) in [5.41, 5.74) is 3.11. The van der Waals surface area contributed by atoms with Crippen molar-refractivity contribution >= 4 is 35.2 Å². The lowest BCUT2D eigenvalue weighted by atomic mass is 9.82. The van der Waals surface area contributed by atoms with E-state index in [4.69, 9.17) is 0 Å².